The molecule has 0 aliphatic heterocycles. The molecule has 2 aromatic carbocycles. The first kappa shape index (κ1) is 18.2. The molecule has 142 valence electrons. The van der Waals surface area contributed by atoms with Crippen molar-refractivity contribution in [1.82, 2.24) is 19.7 Å². The maximum Gasteiger partial charge on any atom is 0.262 e. The molecule has 0 saturated heterocycles. The van der Waals surface area contributed by atoms with Crippen LogP contribution in [0.5, 0.6) is 5.75 Å². The van der Waals surface area contributed by atoms with E-state index in [0.717, 1.165) is 11.3 Å². The number of thioether (sulfide) groups is 1. The van der Waals surface area contributed by atoms with Crippen LogP contribution in [-0.4, -0.2) is 26.8 Å². The summed E-state index contributed by atoms with van der Waals surface area (Å²) in [7, 11) is 1.62. The number of para-hydroxylation sites is 1. The van der Waals surface area contributed by atoms with Crippen molar-refractivity contribution in [1.29, 1.82) is 0 Å². The smallest absolute Gasteiger partial charge is 0.262 e. The van der Waals surface area contributed by atoms with Crippen molar-refractivity contribution < 1.29 is 9.26 Å². The van der Waals surface area contributed by atoms with Crippen molar-refractivity contribution in [2.75, 3.05) is 7.11 Å². The number of hydrogen-bond acceptors (Lipinski definition) is 7. The second kappa shape index (κ2) is 7.85. The number of nitrogens with zero attached hydrogens (tertiary/aromatic N) is 4. The monoisotopic (exact) mass is 394 g/mol. The molecule has 0 aliphatic carbocycles. The van der Waals surface area contributed by atoms with E-state index in [4.69, 9.17) is 9.26 Å². The number of ether oxygens (including phenoxy) is 1. The van der Waals surface area contributed by atoms with Gasteiger partial charge in [0.2, 0.25) is 11.7 Å². The number of aromatic nitrogens is 4. The zero-order valence-electron chi connectivity index (χ0n) is 15.5. The average Bonchev–Trinajstić information content (AvgIpc) is 3.21. The average molecular weight is 394 g/mol. The number of benzene rings is 2. The van der Waals surface area contributed by atoms with E-state index in [1.807, 2.05) is 49.4 Å². The van der Waals surface area contributed by atoms with Crippen LogP contribution in [0.1, 0.15) is 12.8 Å². The maximum absolute atomic E-state index is 12.7. The van der Waals surface area contributed by atoms with E-state index in [1.165, 1.54) is 11.8 Å². The largest absolute Gasteiger partial charge is 0.497 e. The van der Waals surface area contributed by atoms with Crippen molar-refractivity contribution in [3.63, 3.8) is 0 Å². The third-order valence-electron chi connectivity index (χ3n) is 4.28. The minimum atomic E-state index is -0.0416. The molecule has 0 spiro atoms. The minimum absolute atomic E-state index is 0.0416. The molecule has 8 heteroatoms. The van der Waals surface area contributed by atoms with Gasteiger partial charge < -0.3 is 9.26 Å². The van der Waals surface area contributed by atoms with Crippen molar-refractivity contribution in [3.8, 4) is 17.1 Å². The van der Waals surface area contributed by atoms with Gasteiger partial charge in [0.15, 0.2) is 5.16 Å². The first-order valence-electron chi connectivity index (χ1n) is 8.79. The van der Waals surface area contributed by atoms with Crippen molar-refractivity contribution in [2.24, 2.45) is 0 Å². The normalized spacial score (nSPS) is 11.1. The Morgan fingerprint density at radius 1 is 1.11 bits per heavy atom. The molecule has 4 rings (SSSR count). The lowest BCUT2D eigenvalue weighted by Crippen LogP contribution is -2.22. The van der Waals surface area contributed by atoms with E-state index in [0.29, 0.717) is 40.1 Å². The zero-order valence-corrected chi connectivity index (χ0v) is 16.3. The fourth-order valence-corrected chi connectivity index (χ4v) is 3.73. The summed E-state index contributed by atoms with van der Waals surface area (Å²) in [6.07, 6.45) is 0. The fourth-order valence-electron chi connectivity index (χ4n) is 2.83. The van der Waals surface area contributed by atoms with Gasteiger partial charge in [0.05, 0.1) is 23.8 Å². The van der Waals surface area contributed by atoms with Gasteiger partial charge in [-0.15, -0.1) is 0 Å². The van der Waals surface area contributed by atoms with Crippen molar-refractivity contribution >= 4 is 22.7 Å². The van der Waals surface area contributed by atoms with E-state index in [-0.39, 0.29) is 5.56 Å². The molecular weight excluding hydrogens is 376 g/mol. The molecule has 0 N–H and O–H groups in total. The maximum atomic E-state index is 12.7. The molecule has 0 fully saturated rings. The second-order valence-electron chi connectivity index (χ2n) is 5.99. The summed E-state index contributed by atoms with van der Waals surface area (Å²) in [5.74, 6) is 2.18. The molecule has 4 aromatic rings. The highest BCUT2D eigenvalue weighted by Crippen LogP contribution is 2.24. The van der Waals surface area contributed by atoms with Gasteiger partial charge in [-0.2, -0.15) is 4.98 Å². The Morgan fingerprint density at radius 3 is 2.64 bits per heavy atom. The van der Waals surface area contributed by atoms with E-state index in [9.17, 15) is 4.79 Å². The van der Waals surface area contributed by atoms with Crippen LogP contribution in [0.2, 0.25) is 0 Å². The van der Waals surface area contributed by atoms with Crippen LogP contribution >= 0.6 is 11.8 Å². The van der Waals surface area contributed by atoms with E-state index < -0.39 is 0 Å². The molecule has 0 bridgehead atoms. The SMILES string of the molecule is CCn1c(SCc2nc(-c3ccc(OC)cc3)no2)nc2ccccc2c1=O. The molecule has 0 saturated carbocycles. The first-order chi connectivity index (χ1) is 13.7. The van der Waals surface area contributed by atoms with Gasteiger partial charge in [0, 0.05) is 12.1 Å². The molecule has 0 amide bonds. The second-order valence-corrected chi connectivity index (χ2v) is 6.93. The van der Waals surface area contributed by atoms with Gasteiger partial charge in [0.25, 0.3) is 5.56 Å². The molecule has 28 heavy (non-hydrogen) atoms. The highest BCUT2D eigenvalue weighted by Gasteiger charge is 2.13. The minimum Gasteiger partial charge on any atom is -0.497 e. The summed E-state index contributed by atoms with van der Waals surface area (Å²) in [5.41, 5.74) is 1.49. The molecular formula is C20H18N4O3S. The molecule has 2 aromatic heterocycles. The number of rotatable bonds is 6. The lowest BCUT2D eigenvalue weighted by molar-refractivity contribution is 0.391. The van der Waals surface area contributed by atoms with Crippen LogP contribution in [-0.2, 0) is 12.3 Å². The Hall–Kier alpha value is -3.13. The third kappa shape index (κ3) is 3.50. The summed E-state index contributed by atoms with van der Waals surface area (Å²) in [5, 5.41) is 5.29. The Morgan fingerprint density at radius 2 is 1.89 bits per heavy atom. The van der Waals surface area contributed by atoms with Gasteiger partial charge in [0.1, 0.15) is 5.75 Å². The first-order valence-corrected chi connectivity index (χ1v) is 9.77. The Balaban J connectivity index is 1.56. The lowest BCUT2D eigenvalue weighted by Gasteiger charge is -2.10. The number of fused-ring (bicyclic) bond motifs is 1. The lowest BCUT2D eigenvalue weighted by atomic mass is 10.2. The molecule has 0 atom stereocenters. The van der Waals surface area contributed by atoms with Crippen molar-refractivity contribution in [3.05, 3.63) is 64.8 Å². The van der Waals surface area contributed by atoms with Crippen LogP contribution in [0.4, 0.5) is 0 Å². The van der Waals surface area contributed by atoms with Gasteiger partial charge >= 0.3 is 0 Å². The van der Waals surface area contributed by atoms with Gasteiger partial charge in [-0.25, -0.2) is 4.98 Å². The van der Waals surface area contributed by atoms with Crippen LogP contribution in [0.15, 0.2) is 63.0 Å². The molecule has 7 nitrogen and oxygen atoms in total. The van der Waals surface area contributed by atoms with Gasteiger partial charge in [-0.3, -0.25) is 9.36 Å². The molecule has 0 aliphatic rings. The number of hydrogen-bond donors (Lipinski definition) is 0. The standard InChI is InChI=1S/C20H18N4O3S/c1-3-24-19(25)15-6-4-5-7-16(15)21-20(24)28-12-17-22-18(23-27-17)13-8-10-14(26-2)11-9-13/h4-11H,3,12H2,1-2H3. The zero-order chi connectivity index (χ0) is 19.5. The molecule has 0 unspecified atom stereocenters. The van der Waals surface area contributed by atoms with Crippen LogP contribution in [0.25, 0.3) is 22.3 Å². The third-order valence-corrected chi connectivity index (χ3v) is 5.25. The van der Waals surface area contributed by atoms with Crippen LogP contribution < -0.4 is 10.3 Å². The predicted molar refractivity (Wildman–Crippen MR) is 108 cm³/mol. The van der Waals surface area contributed by atoms with Gasteiger partial charge in [-0.1, -0.05) is 29.1 Å². The summed E-state index contributed by atoms with van der Waals surface area (Å²) >= 11 is 1.40. The Bertz CT molecular complexity index is 1170. The predicted octanol–water partition coefficient (Wildman–Crippen LogP) is 3.77. The highest BCUT2D eigenvalue weighted by molar-refractivity contribution is 7.98. The quantitative estimate of drug-likeness (QED) is 0.364. The Kier molecular flexibility index (Phi) is 5.12. The topological polar surface area (TPSA) is 83.0 Å². The summed E-state index contributed by atoms with van der Waals surface area (Å²) in [6.45, 7) is 2.47. The fraction of sp³-hybridized carbons (Fsp3) is 0.200. The van der Waals surface area contributed by atoms with Crippen molar-refractivity contribution in [2.45, 2.75) is 24.4 Å². The van der Waals surface area contributed by atoms with Crippen LogP contribution in [0.3, 0.4) is 0 Å². The Labute approximate surface area is 165 Å². The highest BCUT2D eigenvalue weighted by atomic mass is 32.2. The molecule has 0 radical (unpaired) electrons. The van der Waals surface area contributed by atoms with E-state index in [1.54, 1.807) is 17.7 Å². The van der Waals surface area contributed by atoms with Gasteiger partial charge in [-0.05, 0) is 43.3 Å². The molecule has 2 heterocycles. The summed E-state index contributed by atoms with van der Waals surface area (Å²) in [6, 6.07) is 14.8. The van der Waals surface area contributed by atoms with E-state index in [2.05, 4.69) is 15.1 Å². The summed E-state index contributed by atoms with van der Waals surface area (Å²) < 4.78 is 12.2. The van der Waals surface area contributed by atoms with Crippen LogP contribution in [0, 0.1) is 0 Å². The number of methoxy groups -OCH3 is 1. The van der Waals surface area contributed by atoms with E-state index >= 15 is 0 Å². The summed E-state index contributed by atoms with van der Waals surface area (Å²) in [4.78, 5) is 21.7.